The molecule has 5 rings (SSSR count). The smallest absolute Gasteiger partial charge is 0.338 e. The van der Waals surface area contributed by atoms with Crippen molar-refractivity contribution in [1.82, 2.24) is 15.6 Å². The van der Waals surface area contributed by atoms with Crippen LogP contribution in [0.5, 0.6) is 5.75 Å². The average Bonchev–Trinajstić information content (AvgIpc) is 2.67. The minimum absolute atomic E-state index is 0.266. The van der Waals surface area contributed by atoms with Gasteiger partial charge in [-0.1, -0.05) is 18.2 Å². The molecule has 1 unspecified atom stereocenters. The fourth-order valence-corrected chi connectivity index (χ4v) is 3.82. The van der Waals surface area contributed by atoms with Crippen LogP contribution in [0.4, 0.5) is 14.9 Å². The molecule has 2 amide bonds. The number of hydrogen-bond acceptors (Lipinski definition) is 5. The number of nitrogens with one attached hydrogen (secondary N) is 3. The van der Waals surface area contributed by atoms with Crippen molar-refractivity contribution in [1.29, 1.82) is 0 Å². The predicted octanol–water partition coefficient (Wildman–Crippen LogP) is 2.32. The van der Waals surface area contributed by atoms with E-state index in [0.29, 0.717) is 11.3 Å². The molecule has 3 N–H and O–H groups in total. The third-order valence-corrected chi connectivity index (χ3v) is 5.44. The number of amides is 2. The Balaban J connectivity index is 1.65. The SMILES string of the molecule is CN1C(=O)NN=C2COc3cc(-c4ccccc4F)c(NC4CNC4)cc3C21. The highest BCUT2D eigenvalue weighted by atomic mass is 19.1. The summed E-state index contributed by atoms with van der Waals surface area (Å²) in [6.07, 6.45) is 0. The zero-order valence-electron chi connectivity index (χ0n) is 15.3. The van der Waals surface area contributed by atoms with Gasteiger partial charge >= 0.3 is 6.03 Å². The number of benzene rings is 2. The predicted molar refractivity (Wildman–Crippen MR) is 104 cm³/mol. The lowest BCUT2D eigenvalue weighted by atomic mass is 9.92. The quantitative estimate of drug-likeness (QED) is 0.763. The molecule has 0 bridgehead atoms. The first-order chi connectivity index (χ1) is 13.6. The van der Waals surface area contributed by atoms with E-state index < -0.39 is 0 Å². The molecule has 1 saturated heterocycles. The Hall–Kier alpha value is -3.13. The number of halogens is 1. The summed E-state index contributed by atoms with van der Waals surface area (Å²) in [6.45, 7) is 1.98. The lowest BCUT2D eigenvalue weighted by molar-refractivity contribution is 0.192. The van der Waals surface area contributed by atoms with E-state index in [0.717, 1.165) is 35.6 Å². The van der Waals surface area contributed by atoms with Gasteiger partial charge in [0.15, 0.2) is 0 Å². The van der Waals surface area contributed by atoms with Crippen LogP contribution >= 0.6 is 0 Å². The van der Waals surface area contributed by atoms with Crippen LogP contribution in [0.1, 0.15) is 11.6 Å². The zero-order valence-corrected chi connectivity index (χ0v) is 15.3. The third-order valence-electron chi connectivity index (χ3n) is 5.44. The summed E-state index contributed by atoms with van der Waals surface area (Å²) in [5.74, 6) is 0.352. The maximum absolute atomic E-state index is 14.5. The fraction of sp³-hybridized carbons (Fsp3) is 0.300. The Morgan fingerprint density at radius 3 is 2.82 bits per heavy atom. The van der Waals surface area contributed by atoms with Gasteiger partial charge < -0.3 is 20.3 Å². The maximum atomic E-state index is 14.5. The average molecular weight is 381 g/mol. The first-order valence-electron chi connectivity index (χ1n) is 9.24. The Kier molecular flexibility index (Phi) is 3.94. The summed E-state index contributed by atoms with van der Waals surface area (Å²) < 4.78 is 20.4. The van der Waals surface area contributed by atoms with Crippen LogP contribution in [0, 0.1) is 5.82 Å². The molecule has 8 heteroatoms. The van der Waals surface area contributed by atoms with Gasteiger partial charge in [0.2, 0.25) is 0 Å². The maximum Gasteiger partial charge on any atom is 0.338 e. The van der Waals surface area contributed by atoms with E-state index in [1.165, 1.54) is 6.07 Å². The molecule has 0 spiro atoms. The Labute approximate surface area is 161 Å². The van der Waals surface area contributed by atoms with Crippen molar-refractivity contribution in [2.75, 3.05) is 32.1 Å². The summed E-state index contributed by atoms with van der Waals surface area (Å²) in [5.41, 5.74) is 6.15. The number of ether oxygens (including phenoxy) is 1. The molecule has 144 valence electrons. The van der Waals surface area contributed by atoms with Gasteiger partial charge in [0, 0.05) is 42.5 Å². The van der Waals surface area contributed by atoms with Crippen LogP contribution in [0.15, 0.2) is 41.5 Å². The standard InChI is InChI=1S/C20H20FN5O2/c1-26-19-14-6-16(23-11-8-22-9-11)13(12-4-2-3-5-15(12)21)7-18(14)28-10-17(19)24-25-20(26)27/h2-7,11,19,22-23H,8-10H2,1H3,(H,25,27). The lowest BCUT2D eigenvalue weighted by Gasteiger charge is -2.37. The Bertz CT molecular complexity index is 989. The van der Waals surface area contributed by atoms with Crippen LogP contribution in [0.25, 0.3) is 11.1 Å². The summed E-state index contributed by atoms with van der Waals surface area (Å²) in [5, 5.41) is 10.9. The molecule has 3 heterocycles. The first-order valence-corrected chi connectivity index (χ1v) is 9.24. The molecule has 7 nitrogen and oxygen atoms in total. The molecule has 3 aliphatic rings. The molecular formula is C20H20FN5O2. The first kappa shape index (κ1) is 17.0. The Morgan fingerprint density at radius 1 is 1.25 bits per heavy atom. The summed E-state index contributed by atoms with van der Waals surface area (Å²) in [7, 11) is 1.73. The van der Waals surface area contributed by atoms with Gasteiger partial charge in [-0.15, -0.1) is 0 Å². The second kappa shape index (κ2) is 6.49. The number of rotatable bonds is 3. The van der Waals surface area contributed by atoms with Gasteiger partial charge in [-0.2, -0.15) is 5.10 Å². The van der Waals surface area contributed by atoms with Crippen LogP contribution in [-0.4, -0.2) is 49.4 Å². The van der Waals surface area contributed by atoms with E-state index in [1.54, 1.807) is 24.1 Å². The van der Waals surface area contributed by atoms with E-state index in [4.69, 9.17) is 4.74 Å². The molecule has 28 heavy (non-hydrogen) atoms. The summed E-state index contributed by atoms with van der Waals surface area (Å²) in [6, 6.07) is 10.2. The molecule has 3 aliphatic heterocycles. The van der Waals surface area contributed by atoms with Gasteiger partial charge in [0.25, 0.3) is 0 Å². The molecule has 2 aromatic rings. The van der Waals surface area contributed by atoms with Crippen LogP contribution in [-0.2, 0) is 0 Å². The van der Waals surface area contributed by atoms with E-state index in [9.17, 15) is 9.18 Å². The van der Waals surface area contributed by atoms with E-state index >= 15 is 0 Å². The van der Waals surface area contributed by atoms with Crippen LogP contribution < -0.4 is 20.8 Å². The minimum atomic E-state index is -0.299. The van der Waals surface area contributed by atoms with Crippen molar-refractivity contribution in [3.63, 3.8) is 0 Å². The number of hydrogen-bond donors (Lipinski definition) is 3. The number of carbonyl (C=O) groups excluding carboxylic acids is 1. The van der Waals surface area contributed by atoms with E-state index in [-0.39, 0.29) is 30.5 Å². The highest BCUT2D eigenvalue weighted by Crippen LogP contribution is 2.42. The molecule has 0 aliphatic carbocycles. The lowest BCUT2D eigenvalue weighted by Crippen LogP contribution is -2.51. The van der Waals surface area contributed by atoms with Crippen molar-refractivity contribution >= 4 is 17.4 Å². The second-order valence-corrected chi connectivity index (χ2v) is 7.24. The largest absolute Gasteiger partial charge is 0.487 e. The van der Waals surface area contributed by atoms with Crippen LogP contribution in [0.3, 0.4) is 0 Å². The molecule has 2 aromatic carbocycles. The molecule has 1 fully saturated rings. The molecule has 0 saturated carbocycles. The van der Waals surface area contributed by atoms with E-state index in [1.807, 2.05) is 18.2 Å². The molecular weight excluding hydrogens is 361 g/mol. The van der Waals surface area contributed by atoms with Crippen molar-refractivity contribution in [3.8, 4) is 16.9 Å². The normalized spacial score (nSPS) is 20.9. The fourth-order valence-electron chi connectivity index (χ4n) is 3.82. The van der Waals surface area contributed by atoms with Crippen molar-refractivity contribution < 1.29 is 13.9 Å². The monoisotopic (exact) mass is 381 g/mol. The molecule has 1 atom stereocenters. The van der Waals surface area contributed by atoms with Gasteiger partial charge in [-0.3, -0.25) is 0 Å². The summed E-state index contributed by atoms with van der Waals surface area (Å²) in [4.78, 5) is 13.7. The minimum Gasteiger partial charge on any atom is -0.487 e. The number of carbonyl (C=O) groups is 1. The van der Waals surface area contributed by atoms with Crippen molar-refractivity contribution in [2.45, 2.75) is 12.1 Å². The molecule has 0 aromatic heterocycles. The summed E-state index contributed by atoms with van der Waals surface area (Å²) >= 11 is 0. The number of fused-ring (bicyclic) bond motifs is 3. The van der Waals surface area contributed by atoms with Crippen molar-refractivity contribution in [2.24, 2.45) is 5.10 Å². The van der Waals surface area contributed by atoms with Gasteiger partial charge in [0.05, 0.1) is 6.04 Å². The third kappa shape index (κ3) is 2.68. The van der Waals surface area contributed by atoms with E-state index in [2.05, 4.69) is 21.2 Å². The van der Waals surface area contributed by atoms with Gasteiger partial charge in [-0.25, -0.2) is 14.6 Å². The number of anilines is 1. The molecule has 0 radical (unpaired) electrons. The number of hydrazone groups is 1. The topological polar surface area (TPSA) is 78.0 Å². The second-order valence-electron chi connectivity index (χ2n) is 7.24. The highest BCUT2D eigenvalue weighted by Gasteiger charge is 2.37. The number of nitrogens with zero attached hydrogens (tertiary/aromatic N) is 2. The highest BCUT2D eigenvalue weighted by molar-refractivity contribution is 6.00. The van der Waals surface area contributed by atoms with Gasteiger partial charge in [-0.05, 0) is 18.2 Å². The zero-order chi connectivity index (χ0) is 19.3. The van der Waals surface area contributed by atoms with Crippen molar-refractivity contribution in [3.05, 3.63) is 47.8 Å². The Morgan fingerprint density at radius 2 is 2.07 bits per heavy atom. The van der Waals surface area contributed by atoms with Crippen LogP contribution in [0.2, 0.25) is 0 Å². The van der Waals surface area contributed by atoms with Gasteiger partial charge in [0.1, 0.15) is 29.9 Å². The number of urea groups is 1.